The fourth-order valence-corrected chi connectivity index (χ4v) is 4.18. The van der Waals surface area contributed by atoms with Gasteiger partial charge < -0.3 is 4.40 Å². The maximum Gasteiger partial charge on any atom is 0.186 e. The van der Waals surface area contributed by atoms with E-state index in [-0.39, 0.29) is 0 Å². The van der Waals surface area contributed by atoms with Crippen LogP contribution in [-0.4, -0.2) is 19.0 Å². The van der Waals surface area contributed by atoms with E-state index >= 15 is 0 Å². The molecule has 4 heterocycles. The van der Waals surface area contributed by atoms with Gasteiger partial charge in [-0.2, -0.15) is 0 Å². The molecule has 0 aliphatic heterocycles. The van der Waals surface area contributed by atoms with Crippen molar-refractivity contribution in [2.45, 2.75) is 6.92 Å². The number of fused-ring (bicyclic) bond motifs is 8. The zero-order chi connectivity index (χ0) is 13.3. The first-order chi connectivity index (χ1) is 9.84. The lowest BCUT2D eigenvalue weighted by Crippen LogP contribution is -1.94. The Balaban J connectivity index is 2.28. The zero-order valence-corrected chi connectivity index (χ0v) is 11.6. The van der Waals surface area contributed by atoms with E-state index in [1.54, 1.807) is 11.3 Å². The molecule has 4 aromatic heterocycles. The van der Waals surface area contributed by atoms with Crippen LogP contribution in [0.2, 0.25) is 0 Å². The number of nitrogens with zero attached hydrogens (tertiary/aromatic N) is 4. The van der Waals surface area contributed by atoms with Gasteiger partial charge in [0.15, 0.2) is 5.65 Å². The Bertz CT molecular complexity index is 1110. The molecule has 0 atom stereocenters. The second-order valence-corrected chi connectivity index (χ2v) is 5.95. The lowest BCUT2D eigenvalue weighted by atomic mass is 10.2. The zero-order valence-electron chi connectivity index (χ0n) is 10.7. The molecule has 5 aromatic rings. The molecule has 0 N–H and O–H groups in total. The van der Waals surface area contributed by atoms with E-state index in [0.717, 1.165) is 17.0 Å². The summed E-state index contributed by atoms with van der Waals surface area (Å²) in [5.74, 6) is 0.931. The number of thiophene rings is 1. The summed E-state index contributed by atoms with van der Waals surface area (Å²) < 4.78 is 5.67. The van der Waals surface area contributed by atoms with Crippen molar-refractivity contribution in [1.29, 1.82) is 0 Å². The molecule has 0 bridgehead atoms. The summed E-state index contributed by atoms with van der Waals surface area (Å²) in [4.78, 5) is 1.20. The van der Waals surface area contributed by atoms with E-state index in [4.69, 9.17) is 0 Å². The first kappa shape index (κ1) is 10.4. The maximum absolute atomic E-state index is 4.34. The van der Waals surface area contributed by atoms with E-state index in [0.29, 0.717) is 0 Å². The third-order valence-corrected chi connectivity index (χ3v) is 4.94. The number of aryl methyl sites for hydroxylation is 1. The molecule has 5 heteroatoms. The molecular formula is C15H10N4S. The molecule has 0 aliphatic rings. The van der Waals surface area contributed by atoms with E-state index in [2.05, 4.69) is 61.6 Å². The van der Waals surface area contributed by atoms with Gasteiger partial charge in [-0.25, -0.2) is 0 Å². The van der Waals surface area contributed by atoms with E-state index in [1.807, 2.05) is 6.92 Å². The minimum absolute atomic E-state index is 0.923. The molecule has 0 saturated heterocycles. The Kier molecular flexibility index (Phi) is 1.75. The second-order valence-electron chi connectivity index (χ2n) is 4.92. The van der Waals surface area contributed by atoms with Crippen LogP contribution in [0.3, 0.4) is 0 Å². The van der Waals surface area contributed by atoms with Crippen LogP contribution >= 0.6 is 11.3 Å². The van der Waals surface area contributed by atoms with Crippen molar-refractivity contribution < 1.29 is 0 Å². The minimum Gasteiger partial charge on any atom is -0.310 e. The van der Waals surface area contributed by atoms with Crippen LogP contribution in [0.4, 0.5) is 0 Å². The molecule has 0 radical (unpaired) electrons. The van der Waals surface area contributed by atoms with Gasteiger partial charge in [0.25, 0.3) is 0 Å². The molecule has 5 rings (SSSR count). The van der Waals surface area contributed by atoms with Crippen LogP contribution in [0.25, 0.3) is 31.6 Å². The van der Waals surface area contributed by atoms with Crippen LogP contribution < -0.4 is 0 Å². The number of hydrogen-bond acceptors (Lipinski definition) is 3. The fraction of sp³-hybridized carbons (Fsp3) is 0.0667. The molecule has 0 spiro atoms. The average molecular weight is 278 g/mol. The first-order valence-corrected chi connectivity index (χ1v) is 7.28. The Morgan fingerprint density at radius 3 is 2.90 bits per heavy atom. The average Bonchev–Trinajstić information content (AvgIpc) is 3.13. The van der Waals surface area contributed by atoms with Crippen LogP contribution in [-0.2, 0) is 0 Å². The summed E-state index contributed by atoms with van der Waals surface area (Å²) in [7, 11) is 0. The summed E-state index contributed by atoms with van der Waals surface area (Å²) in [5, 5.41) is 9.87. The SMILES string of the molecule is Cc1nnc2c3cccn3c3c4ccccc4sc3n12. The predicted octanol–water partition coefficient (Wildman–Crippen LogP) is 3.66. The summed E-state index contributed by atoms with van der Waals surface area (Å²) in [6.07, 6.45) is 2.10. The summed E-state index contributed by atoms with van der Waals surface area (Å²) >= 11 is 1.79. The van der Waals surface area contributed by atoms with Gasteiger partial charge in [0.1, 0.15) is 10.7 Å². The highest BCUT2D eigenvalue weighted by Crippen LogP contribution is 2.35. The van der Waals surface area contributed by atoms with Gasteiger partial charge >= 0.3 is 0 Å². The molecule has 0 fully saturated rings. The van der Waals surface area contributed by atoms with Crippen molar-refractivity contribution in [1.82, 2.24) is 19.0 Å². The van der Waals surface area contributed by atoms with Crippen LogP contribution in [0.5, 0.6) is 0 Å². The topological polar surface area (TPSA) is 34.6 Å². The van der Waals surface area contributed by atoms with Crippen molar-refractivity contribution in [3.05, 3.63) is 48.4 Å². The van der Waals surface area contributed by atoms with Crippen LogP contribution in [0, 0.1) is 6.92 Å². The van der Waals surface area contributed by atoms with Crippen molar-refractivity contribution in [2.24, 2.45) is 0 Å². The van der Waals surface area contributed by atoms with Crippen molar-refractivity contribution >= 4 is 42.9 Å². The smallest absolute Gasteiger partial charge is 0.186 e. The molecule has 0 unspecified atom stereocenters. The normalized spacial score (nSPS) is 12.2. The number of hydrogen-bond donors (Lipinski definition) is 0. The van der Waals surface area contributed by atoms with Gasteiger partial charge in [-0.15, -0.1) is 21.5 Å². The Labute approximate surface area is 117 Å². The highest BCUT2D eigenvalue weighted by atomic mass is 32.1. The molecule has 20 heavy (non-hydrogen) atoms. The Hall–Kier alpha value is -2.40. The Morgan fingerprint density at radius 1 is 1.05 bits per heavy atom. The van der Waals surface area contributed by atoms with E-state index in [9.17, 15) is 0 Å². The third kappa shape index (κ3) is 1.08. The molecule has 4 nitrogen and oxygen atoms in total. The molecule has 0 aliphatic carbocycles. The van der Waals surface area contributed by atoms with Crippen molar-refractivity contribution in [3.63, 3.8) is 0 Å². The lowest BCUT2D eigenvalue weighted by molar-refractivity contribution is 1.02. The summed E-state index contributed by atoms with van der Waals surface area (Å²) in [6.45, 7) is 2.00. The largest absolute Gasteiger partial charge is 0.310 e. The van der Waals surface area contributed by atoms with Crippen LogP contribution in [0.15, 0.2) is 42.6 Å². The quantitative estimate of drug-likeness (QED) is 0.433. The van der Waals surface area contributed by atoms with Gasteiger partial charge in [-0.3, -0.25) is 4.40 Å². The molecule has 1 aromatic carbocycles. The Morgan fingerprint density at radius 2 is 1.95 bits per heavy atom. The molecular weight excluding hydrogens is 268 g/mol. The molecule has 0 amide bonds. The first-order valence-electron chi connectivity index (χ1n) is 6.46. The fourth-order valence-electron chi connectivity index (χ4n) is 2.93. The number of aromatic nitrogens is 4. The highest BCUT2D eigenvalue weighted by Gasteiger charge is 2.16. The van der Waals surface area contributed by atoms with Gasteiger partial charge in [-0.05, 0) is 25.1 Å². The monoisotopic (exact) mass is 278 g/mol. The number of rotatable bonds is 0. The number of benzene rings is 1. The summed E-state index contributed by atoms with van der Waals surface area (Å²) in [5.41, 5.74) is 3.26. The van der Waals surface area contributed by atoms with Gasteiger partial charge in [0.05, 0.1) is 11.0 Å². The summed E-state index contributed by atoms with van der Waals surface area (Å²) in [6, 6.07) is 12.7. The second kappa shape index (κ2) is 3.37. The van der Waals surface area contributed by atoms with Gasteiger partial charge in [-0.1, -0.05) is 18.2 Å². The van der Waals surface area contributed by atoms with Crippen molar-refractivity contribution in [2.75, 3.05) is 0 Å². The van der Waals surface area contributed by atoms with E-state index in [1.165, 1.54) is 20.4 Å². The predicted molar refractivity (Wildman–Crippen MR) is 81.6 cm³/mol. The lowest BCUT2D eigenvalue weighted by Gasteiger charge is -2.03. The van der Waals surface area contributed by atoms with E-state index < -0.39 is 0 Å². The van der Waals surface area contributed by atoms with Gasteiger partial charge in [0, 0.05) is 16.3 Å². The molecule has 0 saturated carbocycles. The molecule has 96 valence electrons. The van der Waals surface area contributed by atoms with Crippen molar-refractivity contribution in [3.8, 4) is 0 Å². The highest BCUT2D eigenvalue weighted by molar-refractivity contribution is 7.25. The third-order valence-electron chi connectivity index (χ3n) is 3.80. The standard InChI is InChI=1S/C15H10N4S/c1-9-16-17-14-11-6-4-8-18(11)13-10-5-2-3-7-12(10)20-15(13)19(9)14/h2-8H,1H3. The van der Waals surface area contributed by atoms with Gasteiger partial charge in [0.2, 0.25) is 0 Å². The maximum atomic E-state index is 4.34. The van der Waals surface area contributed by atoms with Crippen LogP contribution in [0.1, 0.15) is 5.82 Å². The minimum atomic E-state index is 0.923.